The monoisotopic (exact) mass is 395 g/mol. The van der Waals surface area contributed by atoms with Gasteiger partial charge in [-0.1, -0.05) is 35.9 Å². The highest BCUT2D eigenvalue weighted by Crippen LogP contribution is 2.20. The summed E-state index contributed by atoms with van der Waals surface area (Å²) in [6, 6.07) is 19.1. The van der Waals surface area contributed by atoms with Gasteiger partial charge < -0.3 is 15.4 Å². The van der Waals surface area contributed by atoms with Crippen molar-refractivity contribution in [2.75, 3.05) is 13.6 Å². The fourth-order valence-corrected chi connectivity index (χ4v) is 2.99. The second kappa shape index (κ2) is 9.35. The number of aromatic nitrogens is 1. The second-order valence-corrected chi connectivity index (χ2v) is 7.05. The Morgan fingerprint density at radius 3 is 2.54 bits per heavy atom. The smallest absolute Gasteiger partial charge is 0.250 e. The van der Waals surface area contributed by atoms with Gasteiger partial charge in [0.25, 0.3) is 0 Å². The summed E-state index contributed by atoms with van der Waals surface area (Å²) in [5, 5.41) is 0.764. The van der Waals surface area contributed by atoms with Crippen molar-refractivity contribution in [2.24, 2.45) is 5.73 Å². The molecule has 0 aliphatic rings. The quantitative estimate of drug-likeness (QED) is 0.617. The number of primary amides is 1. The Morgan fingerprint density at radius 2 is 1.89 bits per heavy atom. The highest BCUT2D eigenvalue weighted by atomic mass is 35.5. The summed E-state index contributed by atoms with van der Waals surface area (Å²) in [6.45, 7) is 1.79. The maximum absolute atomic E-state index is 11.1. The number of carbonyl (C=O) groups excluding carboxylic acids is 1. The Morgan fingerprint density at radius 1 is 1.11 bits per heavy atom. The van der Waals surface area contributed by atoms with Crippen LogP contribution in [-0.2, 0) is 13.0 Å². The molecule has 0 atom stereocenters. The van der Waals surface area contributed by atoms with Crippen molar-refractivity contribution in [2.45, 2.75) is 13.0 Å². The van der Waals surface area contributed by atoms with Gasteiger partial charge in [0.2, 0.25) is 11.8 Å². The number of benzene rings is 2. The van der Waals surface area contributed by atoms with Gasteiger partial charge in [0.1, 0.15) is 5.75 Å². The van der Waals surface area contributed by atoms with E-state index in [0.717, 1.165) is 24.5 Å². The van der Waals surface area contributed by atoms with Crippen LogP contribution in [0, 0.1) is 0 Å². The van der Waals surface area contributed by atoms with Gasteiger partial charge in [-0.15, -0.1) is 0 Å². The molecule has 5 nitrogen and oxygen atoms in total. The molecule has 3 aromatic rings. The van der Waals surface area contributed by atoms with Crippen LogP contribution in [0.15, 0.2) is 66.9 Å². The highest BCUT2D eigenvalue weighted by molar-refractivity contribution is 6.30. The molecule has 1 amide bonds. The van der Waals surface area contributed by atoms with Gasteiger partial charge in [-0.3, -0.25) is 4.79 Å². The van der Waals surface area contributed by atoms with E-state index >= 15 is 0 Å². The molecule has 3 rings (SSSR count). The van der Waals surface area contributed by atoms with E-state index < -0.39 is 5.91 Å². The number of pyridine rings is 1. The zero-order valence-electron chi connectivity index (χ0n) is 15.6. The third kappa shape index (κ3) is 5.81. The van der Waals surface area contributed by atoms with Crippen molar-refractivity contribution in [3.63, 3.8) is 0 Å². The Kier molecular flexibility index (Phi) is 6.63. The standard InChI is InChI=1S/C22H22ClN3O2/c1-26(15-17-3-2-4-19(23)13-17)12-11-16-5-8-20(9-6-16)28-21-10-7-18(14-25-21)22(24)27/h2-10,13-14H,11-12,15H2,1H3,(H2,24,27). The summed E-state index contributed by atoms with van der Waals surface area (Å²) in [5.74, 6) is 0.595. The normalized spacial score (nSPS) is 10.8. The highest BCUT2D eigenvalue weighted by Gasteiger charge is 2.05. The molecule has 0 fully saturated rings. The van der Waals surface area contributed by atoms with Crippen LogP contribution in [-0.4, -0.2) is 29.4 Å². The number of likely N-dealkylation sites (N-methyl/N-ethyl adjacent to an activating group) is 1. The van der Waals surface area contributed by atoms with Crippen LogP contribution in [0.3, 0.4) is 0 Å². The third-order valence-electron chi connectivity index (χ3n) is 4.29. The first-order valence-corrected chi connectivity index (χ1v) is 9.33. The van der Waals surface area contributed by atoms with Crippen LogP contribution in [0.2, 0.25) is 5.02 Å². The summed E-state index contributed by atoms with van der Waals surface area (Å²) in [5.41, 5.74) is 7.98. The van der Waals surface area contributed by atoms with Crippen LogP contribution in [0.4, 0.5) is 0 Å². The van der Waals surface area contributed by atoms with Crippen molar-refractivity contribution < 1.29 is 9.53 Å². The number of halogens is 1. The molecule has 1 heterocycles. The minimum absolute atomic E-state index is 0.351. The molecule has 0 aliphatic carbocycles. The van der Waals surface area contributed by atoms with Gasteiger partial charge >= 0.3 is 0 Å². The number of amides is 1. The van der Waals surface area contributed by atoms with E-state index in [1.54, 1.807) is 12.1 Å². The molecule has 0 spiro atoms. The lowest BCUT2D eigenvalue weighted by Gasteiger charge is -2.17. The summed E-state index contributed by atoms with van der Waals surface area (Å²) in [4.78, 5) is 17.4. The van der Waals surface area contributed by atoms with E-state index in [2.05, 4.69) is 23.0 Å². The van der Waals surface area contributed by atoms with E-state index in [0.29, 0.717) is 17.2 Å². The molecule has 0 aliphatic heterocycles. The number of rotatable bonds is 8. The minimum Gasteiger partial charge on any atom is -0.439 e. The average molecular weight is 396 g/mol. The Labute approximate surface area is 169 Å². The third-order valence-corrected chi connectivity index (χ3v) is 4.53. The summed E-state index contributed by atoms with van der Waals surface area (Å²) >= 11 is 6.04. The van der Waals surface area contributed by atoms with Crippen molar-refractivity contribution in [1.82, 2.24) is 9.88 Å². The van der Waals surface area contributed by atoms with Crippen LogP contribution < -0.4 is 10.5 Å². The average Bonchev–Trinajstić information content (AvgIpc) is 2.68. The van der Waals surface area contributed by atoms with E-state index in [4.69, 9.17) is 22.1 Å². The molecule has 2 N–H and O–H groups in total. The van der Waals surface area contributed by atoms with Crippen molar-refractivity contribution in [1.29, 1.82) is 0 Å². The molecule has 2 aromatic carbocycles. The SMILES string of the molecule is CN(CCc1ccc(Oc2ccc(C(N)=O)cn2)cc1)Cc1cccc(Cl)c1. The number of nitrogens with two attached hydrogens (primary N) is 1. The fourth-order valence-electron chi connectivity index (χ4n) is 2.78. The van der Waals surface area contributed by atoms with Crippen molar-refractivity contribution in [3.8, 4) is 11.6 Å². The molecule has 0 bridgehead atoms. The van der Waals surface area contributed by atoms with Crippen LogP contribution >= 0.6 is 11.6 Å². The minimum atomic E-state index is -0.510. The van der Waals surface area contributed by atoms with Crippen LogP contribution in [0.1, 0.15) is 21.5 Å². The molecule has 6 heteroatoms. The predicted molar refractivity (Wildman–Crippen MR) is 111 cm³/mol. The number of carbonyl (C=O) groups is 1. The first kappa shape index (κ1) is 19.9. The molecule has 0 radical (unpaired) electrons. The molecule has 28 heavy (non-hydrogen) atoms. The zero-order valence-corrected chi connectivity index (χ0v) is 16.4. The van der Waals surface area contributed by atoms with E-state index in [-0.39, 0.29) is 0 Å². The lowest BCUT2D eigenvalue weighted by Crippen LogP contribution is -2.20. The molecule has 0 saturated heterocycles. The predicted octanol–water partition coefficient (Wildman–Crippen LogP) is 4.30. The van der Waals surface area contributed by atoms with Gasteiger partial charge in [0.15, 0.2) is 0 Å². The zero-order chi connectivity index (χ0) is 19.9. The second-order valence-electron chi connectivity index (χ2n) is 6.61. The lowest BCUT2D eigenvalue weighted by atomic mass is 10.1. The van der Waals surface area contributed by atoms with E-state index in [9.17, 15) is 4.79 Å². The number of nitrogens with zero attached hydrogens (tertiary/aromatic N) is 2. The molecular formula is C22H22ClN3O2. The lowest BCUT2D eigenvalue weighted by molar-refractivity contribution is 0.1000. The topological polar surface area (TPSA) is 68.5 Å². The van der Waals surface area contributed by atoms with Gasteiger partial charge in [-0.25, -0.2) is 4.98 Å². The van der Waals surface area contributed by atoms with Crippen molar-refractivity contribution >= 4 is 17.5 Å². The Balaban J connectivity index is 1.50. The first-order valence-electron chi connectivity index (χ1n) is 8.95. The van der Waals surface area contributed by atoms with Crippen molar-refractivity contribution in [3.05, 3.63) is 88.6 Å². The fraction of sp³-hybridized carbons (Fsp3) is 0.182. The summed E-state index contributed by atoms with van der Waals surface area (Å²) < 4.78 is 5.70. The maximum Gasteiger partial charge on any atom is 0.250 e. The number of ether oxygens (including phenoxy) is 1. The molecule has 0 unspecified atom stereocenters. The van der Waals surface area contributed by atoms with Gasteiger partial charge in [0, 0.05) is 30.4 Å². The first-order chi connectivity index (χ1) is 13.5. The Bertz CT molecular complexity index is 927. The molecule has 0 saturated carbocycles. The van der Waals surface area contributed by atoms with E-state index in [1.807, 2.05) is 42.5 Å². The van der Waals surface area contributed by atoms with Gasteiger partial charge in [-0.2, -0.15) is 0 Å². The number of hydrogen-bond donors (Lipinski definition) is 1. The van der Waals surface area contributed by atoms with Gasteiger partial charge in [0.05, 0.1) is 5.56 Å². The largest absolute Gasteiger partial charge is 0.439 e. The van der Waals surface area contributed by atoms with Crippen LogP contribution in [0.5, 0.6) is 11.6 Å². The molecular weight excluding hydrogens is 374 g/mol. The number of hydrogen-bond acceptors (Lipinski definition) is 4. The summed E-state index contributed by atoms with van der Waals surface area (Å²) in [7, 11) is 2.10. The van der Waals surface area contributed by atoms with E-state index in [1.165, 1.54) is 17.3 Å². The molecule has 144 valence electrons. The molecule has 1 aromatic heterocycles. The van der Waals surface area contributed by atoms with Gasteiger partial charge in [-0.05, 0) is 54.9 Å². The maximum atomic E-state index is 11.1. The van der Waals surface area contributed by atoms with Crippen LogP contribution in [0.25, 0.3) is 0 Å². The Hall–Kier alpha value is -2.89. The summed E-state index contributed by atoms with van der Waals surface area (Å²) in [6.07, 6.45) is 2.34.